The van der Waals surface area contributed by atoms with Crippen molar-refractivity contribution in [1.82, 2.24) is 0 Å². The Morgan fingerprint density at radius 3 is 1.61 bits per heavy atom. The second-order valence-corrected chi connectivity index (χ2v) is 13.5. The van der Waals surface area contributed by atoms with E-state index in [-0.39, 0.29) is 38.5 Å². The molecule has 0 spiro atoms. The number of hydrogen-bond donors (Lipinski definition) is 0. The third-order valence-electron chi connectivity index (χ3n) is 8.79. The van der Waals surface area contributed by atoms with Crippen LogP contribution in [0.25, 0.3) is 0 Å². The normalized spacial score (nSPS) is 19.4. The van der Waals surface area contributed by atoms with Gasteiger partial charge in [-0.25, -0.2) is 18.0 Å². The average Bonchev–Trinajstić information content (AvgIpc) is 3.21. The lowest BCUT2D eigenvalue weighted by Gasteiger charge is -2.45. The lowest BCUT2D eigenvalue weighted by Crippen LogP contribution is -2.63. The minimum absolute atomic E-state index is 0.00660. The van der Waals surface area contributed by atoms with Gasteiger partial charge in [-0.1, -0.05) is 109 Å². The minimum Gasteiger partial charge on any atom is -0.460 e. The zero-order valence-corrected chi connectivity index (χ0v) is 31.0. The highest BCUT2D eigenvalue weighted by Gasteiger charge is 2.51. The molecule has 1 aliphatic heterocycles. The Morgan fingerprint density at radius 1 is 0.589 bits per heavy atom. The molecule has 0 radical (unpaired) electrons. The van der Waals surface area contributed by atoms with E-state index in [0.717, 1.165) is 27.8 Å². The summed E-state index contributed by atoms with van der Waals surface area (Å²) in [4.78, 5) is 13.5. The minimum atomic E-state index is -2.38. The van der Waals surface area contributed by atoms with Crippen molar-refractivity contribution in [2.75, 3.05) is 6.61 Å². The van der Waals surface area contributed by atoms with Crippen LogP contribution in [0, 0.1) is 42.9 Å². The number of para-hydroxylation sites is 1. The van der Waals surface area contributed by atoms with Crippen molar-refractivity contribution in [3.63, 3.8) is 0 Å². The molecule has 1 saturated heterocycles. The first kappa shape index (κ1) is 40.7. The summed E-state index contributed by atoms with van der Waals surface area (Å²) >= 11 is -0.299. The maximum Gasteiger partial charge on any atom is 0.407 e. The number of hydrogen-bond acceptors (Lipinski definition) is 9. The summed E-state index contributed by atoms with van der Waals surface area (Å²) in [6.45, 7) is 3.92. The predicted molar refractivity (Wildman–Crippen MR) is 196 cm³/mol. The summed E-state index contributed by atoms with van der Waals surface area (Å²) in [5, 5.41) is -1.34. The molecular formula is C42H37F5O8S. The molecule has 1 heterocycles. The molecule has 8 nitrogen and oxygen atoms in total. The van der Waals surface area contributed by atoms with Crippen LogP contribution in [0.2, 0.25) is 0 Å². The molecule has 1 fully saturated rings. The van der Waals surface area contributed by atoms with E-state index < -0.39 is 70.8 Å². The van der Waals surface area contributed by atoms with E-state index in [1.165, 1.54) is 0 Å². The molecule has 5 aromatic carbocycles. The fraction of sp³-hybridized carbons (Fsp3) is 0.262. The van der Waals surface area contributed by atoms with Crippen LogP contribution in [0.5, 0.6) is 11.5 Å². The maximum absolute atomic E-state index is 14.4. The second-order valence-electron chi connectivity index (χ2n) is 12.8. The van der Waals surface area contributed by atoms with E-state index in [9.17, 15) is 26.7 Å². The van der Waals surface area contributed by atoms with Gasteiger partial charge >= 0.3 is 5.30 Å². The third-order valence-corrected chi connectivity index (χ3v) is 9.28. The second kappa shape index (κ2) is 19.2. The van der Waals surface area contributed by atoms with Crippen molar-refractivity contribution in [1.29, 1.82) is 0 Å². The Labute approximate surface area is 324 Å². The third kappa shape index (κ3) is 10.1. The molecule has 294 valence electrons. The number of halogens is 5. The largest absolute Gasteiger partial charge is 0.460 e. The predicted octanol–water partition coefficient (Wildman–Crippen LogP) is 9.72. The van der Waals surface area contributed by atoms with Crippen LogP contribution in [0.4, 0.5) is 26.7 Å². The molecule has 5 atom stereocenters. The van der Waals surface area contributed by atoms with Crippen LogP contribution >= 0.6 is 12.0 Å². The van der Waals surface area contributed by atoms with E-state index in [1.807, 2.05) is 123 Å². The molecule has 0 N–H and O–H groups in total. The van der Waals surface area contributed by atoms with Crippen molar-refractivity contribution in [3.8, 4) is 11.5 Å². The van der Waals surface area contributed by atoms with Crippen LogP contribution in [-0.2, 0) is 43.5 Å². The summed E-state index contributed by atoms with van der Waals surface area (Å²) in [5.74, 6) is -12.7. The summed E-state index contributed by atoms with van der Waals surface area (Å²) in [7, 11) is 0. The first-order valence-electron chi connectivity index (χ1n) is 17.5. The van der Waals surface area contributed by atoms with Crippen molar-refractivity contribution in [2.24, 2.45) is 0 Å². The summed E-state index contributed by atoms with van der Waals surface area (Å²) in [5.41, 5.74) is 3.93. The van der Waals surface area contributed by atoms with Crippen molar-refractivity contribution in [2.45, 2.75) is 64.4 Å². The van der Waals surface area contributed by atoms with Gasteiger partial charge in [0.1, 0.15) is 24.1 Å². The van der Waals surface area contributed by atoms with Gasteiger partial charge in [-0.15, -0.1) is 0 Å². The Kier molecular flexibility index (Phi) is 14.0. The number of carbonyl (C=O) groups excluding carboxylic acids is 1. The standard InChI is InChI=1S/C42H37F5O8S/c1-25-13-12-14-26(2)36(25)53-41-40(54-42(48)56-55-38-34(46)32(44)31(43)33(45)35(38)47)39(51-23-29-19-10-5-11-20-29)37(50-22-28-17-8-4-9-18-28)30(52-41)24-49-21-27-15-6-3-7-16-27/h3-20,30,37,39-41H,21-24H2,1-2H3/t30-,37-,39+,40-,41+/m1/s1. The molecule has 56 heavy (non-hydrogen) atoms. The van der Waals surface area contributed by atoms with Gasteiger partial charge in [0.25, 0.3) is 0 Å². The van der Waals surface area contributed by atoms with E-state index >= 15 is 0 Å². The van der Waals surface area contributed by atoms with E-state index in [4.69, 9.17) is 32.6 Å². The first-order valence-corrected chi connectivity index (χ1v) is 18.2. The highest BCUT2D eigenvalue weighted by Crippen LogP contribution is 2.36. The smallest absolute Gasteiger partial charge is 0.407 e. The van der Waals surface area contributed by atoms with Gasteiger partial charge in [0.05, 0.1) is 26.4 Å². The van der Waals surface area contributed by atoms with Gasteiger partial charge in [-0.3, -0.25) is 0 Å². The molecular weight excluding hydrogens is 760 g/mol. The fourth-order valence-electron chi connectivity index (χ4n) is 5.99. The van der Waals surface area contributed by atoms with E-state index in [1.54, 1.807) is 0 Å². The molecule has 1 aliphatic rings. The quantitative estimate of drug-likeness (QED) is 0.0338. The van der Waals surface area contributed by atoms with Gasteiger partial charge in [0.15, 0.2) is 18.1 Å². The molecule has 0 aliphatic carbocycles. The molecule has 0 unspecified atom stereocenters. The van der Waals surface area contributed by atoms with Gasteiger partial charge in [0, 0.05) is 0 Å². The molecule has 0 amide bonds. The number of aryl methyl sites for hydroxylation is 2. The maximum atomic E-state index is 14.4. The molecule has 6 rings (SSSR count). The van der Waals surface area contributed by atoms with Crippen LogP contribution in [0.3, 0.4) is 0 Å². The topological polar surface area (TPSA) is 81.7 Å². The average molecular weight is 797 g/mol. The number of benzene rings is 5. The number of carbonyl (C=O) groups is 1. The Bertz CT molecular complexity index is 2010. The van der Waals surface area contributed by atoms with Gasteiger partial charge in [-0.05, 0) is 41.7 Å². The monoisotopic (exact) mass is 796 g/mol. The van der Waals surface area contributed by atoms with Crippen LogP contribution < -0.4 is 8.92 Å². The van der Waals surface area contributed by atoms with Crippen LogP contribution in [0.1, 0.15) is 27.8 Å². The van der Waals surface area contributed by atoms with Gasteiger partial charge < -0.3 is 32.6 Å². The van der Waals surface area contributed by atoms with Crippen molar-refractivity contribution < 1.29 is 59.4 Å². The van der Waals surface area contributed by atoms with Crippen molar-refractivity contribution in [3.05, 3.63) is 166 Å². The molecule has 0 aromatic heterocycles. The van der Waals surface area contributed by atoms with E-state index in [0.29, 0.717) is 5.75 Å². The fourth-order valence-corrected chi connectivity index (χ4v) is 6.44. The summed E-state index contributed by atoms with van der Waals surface area (Å²) in [6, 6.07) is 33.4. The van der Waals surface area contributed by atoms with Crippen LogP contribution in [-0.4, -0.2) is 42.6 Å². The highest BCUT2D eigenvalue weighted by atomic mass is 32.2. The summed E-state index contributed by atoms with van der Waals surface area (Å²) < 4.78 is 113. The van der Waals surface area contributed by atoms with Crippen molar-refractivity contribution >= 4 is 17.3 Å². The van der Waals surface area contributed by atoms with E-state index in [2.05, 4.69) is 0 Å². The van der Waals surface area contributed by atoms with Crippen LogP contribution in [0.15, 0.2) is 109 Å². The zero-order valence-electron chi connectivity index (χ0n) is 30.2. The van der Waals surface area contributed by atoms with Gasteiger partial charge in [-0.2, -0.15) is 8.78 Å². The Hall–Kier alpha value is -4.99. The van der Waals surface area contributed by atoms with Gasteiger partial charge in [0.2, 0.25) is 41.1 Å². The summed E-state index contributed by atoms with van der Waals surface area (Å²) in [6.07, 6.45) is -5.91. The lowest BCUT2D eigenvalue weighted by atomic mass is 9.97. The zero-order chi connectivity index (χ0) is 39.6. The highest BCUT2D eigenvalue weighted by molar-refractivity contribution is 8.09. The molecule has 5 aromatic rings. The number of ether oxygens (including phenoxy) is 6. The first-order chi connectivity index (χ1) is 27.1. The molecule has 14 heteroatoms. The SMILES string of the molecule is Cc1cccc(C)c1O[C@@H]1O[C@H](COCc2ccccc2)[C@@H](OCc2ccccc2)[C@H](OCc2ccccc2)[C@H]1OC(=O)SOc1c(F)c(F)c(F)c(F)c1F. The lowest BCUT2D eigenvalue weighted by molar-refractivity contribution is -0.297. The number of rotatable bonds is 15. The Morgan fingerprint density at radius 2 is 1.07 bits per heavy atom. The molecule has 0 bridgehead atoms. The Balaban J connectivity index is 1.35. The molecule has 0 saturated carbocycles.